The molecule has 1 aliphatic rings. The largest absolute Gasteiger partial charge is 0.279 e. The Labute approximate surface area is 192 Å². The summed E-state index contributed by atoms with van der Waals surface area (Å²) in [5, 5.41) is 1.29. The fourth-order valence-corrected chi connectivity index (χ4v) is 5.70. The normalized spacial score (nSPS) is 14.0. The summed E-state index contributed by atoms with van der Waals surface area (Å²) in [5.74, 6) is 0.923. The lowest BCUT2D eigenvalue weighted by atomic mass is 9.81. The molecule has 0 saturated carbocycles. The van der Waals surface area contributed by atoms with Crippen LogP contribution in [0.2, 0.25) is 0 Å². The van der Waals surface area contributed by atoms with Gasteiger partial charge in [0.15, 0.2) is 0 Å². The van der Waals surface area contributed by atoms with Crippen LogP contribution in [0.25, 0.3) is 44.8 Å². The lowest BCUT2D eigenvalue weighted by Gasteiger charge is -2.21. The summed E-state index contributed by atoms with van der Waals surface area (Å²) in [5.41, 5.74) is 9.62. The lowest BCUT2D eigenvalue weighted by Crippen LogP contribution is -2.14. The van der Waals surface area contributed by atoms with Crippen LogP contribution in [0.5, 0.6) is 0 Å². The summed E-state index contributed by atoms with van der Waals surface area (Å²) >= 11 is 0. The first-order valence-corrected chi connectivity index (χ1v) is 11.4. The molecule has 7 rings (SSSR count). The maximum Gasteiger partial charge on any atom is 0.220 e. The molecule has 158 valence electrons. The third-order valence-corrected chi connectivity index (χ3v) is 7.11. The molecule has 2 heterocycles. The fraction of sp³-hybridized carbons (Fsp3) is 0.100. The first-order chi connectivity index (χ1) is 16.2. The number of hydrogen-bond donors (Lipinski definition) is 0. The van der Waals surface area contributed by atoms with Crippen LogP contribution < -0.4 is 0 Å². The van der Waals surface area contributed by atoms with Crippen LogP contribution in [0.3, 0.4) is 0 Å². The SMILES string of the molecule is CC1(C)c2ccccc2-c2c1c1ccccc1n2-c1nc2ccccc2n1-c1ccccc1. The molecule has 0 amide bonds. The molecule has 3 nitrogen and oxygen atoms in total. The van der Waals surface area contributed by atoms with Gasteiger partial charge in [-0.15, -0.1) is 0 Å². The average Bonchev–Trinajstić information content (AvgIpc) is 3.47. The molecular formula is C30H23N3. The molecule has 0 bridgehead atoms. The van der Waals surface area contributed by atoms with E-state index in [4.69, 9.17) is 4.98 Å². The van der Waals surface area contributed by atoms with Gasteiger partial charge in [-0.1, -0.05) is 86.6 Å². The van der Waals surface area contributed by atoms with Gasteiger partial charge < -0.3 is 0 Å². The van der Waals surface area contributed by atoms with Crippen molar-refractivity contribution in [2.24, 2.45) is 0 Å². The van der Waals surface area contributed by atoms with Crippen LogP contribution in [0.4, 0.5) is 0 Å². The van der Waals surface area contributed by atoms with Crippen LogP contribution in [0, 0.1) is 0 Å². The number of fused-ring (bicyclic) bond motifs is 6. The van der Waals surface area contributed by atoms with Gasteiger partial charge >= 0.3 is 0 Å². The molecule has 0 saturated heterocycles. The van der Waals surface area contributed by atoms with Crippen molar-refractivity contribution in [1.82, 2.24) is 14.1 Å². The number of nitrogens with zero attached hydrogens (tertiary/aromatic N) is 3. The van der Waals surface area contributed by atoms with Gasteiger partial charge in [0.05, 0.1) is 22.2 Å². The molecule has 0 aliphatic heterocycles. The molecule has 0 unspecified atom stereocenters. The predicted octanol–water partition coefficient (Wildman–Crippen LogP) is 7.28. The van der Waals surface area contributed by atoms with Crippen molar-refractivity contribution in [1.29, 1.82) is 0 Å². The minimum absolute atomic E-state index is 0.0830. The lowest BCUT2D eigenvalue weighted by molar-refractivity contribution is 0.666. The van der Waals surface area contributed by atoms with Crippen molar-refractivity contribution in [2.75, 3.05) is 0 Å². The zero-order chi connectivity index (χ0) is 22.2. The third kappa shape index (κ3) is 2.37. The van der Waals surface area contributed by atoms with Crippen LogP contribution in [-0.2, 0) is 5.41 Å². The molecule has 2 aromatic heterocycles. The molecule has 0 atom stereocenters. The van der Waals surface area contributed by atoms with Crippen LogP contribution in [0.15, 0.2) is 103 Å². The fourth-order valence-electron chi connectivity index (χ4n) is 5.70. The van der Waals surface area contributed by atoms with Gasteiger partial charge in [-0.2, -0.15) is 0 Å². The van der Waals surface area contributed by atoms with Gasteiger partial charge in [-0.3, -0.25) is 9.13 Å². The van der Waals surface area contributed by atoms with E-state index in [1.165, 1.54) is 33.3 Å². The molecule has 4 aromatic carbocycles. The Kier molecular flexibility index (Phi) is 3.61. The topological polar surface area (TPSA) is 22.8 Å². The summed E-state index contributed by atoms with van der Waals surface area (Å²) < 4.78 is 4.67. The molecule has 0 N–H and O–H groups in total. The van der Waals surface area contributed by atoms with Crippen molar-refractivity contribution in [3.63, 3.8) is 0 Å². The number of para-hydroxylation sites is 4. The van der Waals surface area contributed by atoms with Gasteiger partial charge in [0.1, 0.15) is 0 Å². The van der Waals surface area contributed by atoms with E-state index in [0.29, 0.717) is 0 Å². The van der Waals surface area contributed by atoms with Gasteiger partial charge in [0.25, 0.3) is 0 Å². The Morgan fingerprint density at radius 2 is 1.30 bits per heavy atom. The van der Waals surface area contributed by atoms with E-state index in [-0.39, 0.29) is 5.41 Å². The third-order valence-electron chi connectivity index (χ3n) is 7.11. The van der Waals surface area contributed by atoms with Gasteiger partial charge in [0, 0.05) is 22.1 Å². The molecule has 33 heavy (non-hydrogen) atoms. The Bertz CT molecular complexity index is 1680. The van der Waals surface area contributed by atoms with Gasteiger partial charge in [0.2, 0.25) is 5.95 Å². The van der Waals surface area contributed by atoms with Crippen molar-refractivity contribution in [2.45, 2.75) is 19.3 Å². The quantitative estimate of drug-likeness (QED) is 0.286. The maximum atomic E-state index is 5.21. The molecule has 1 aliphatic carbocycles. The summed E-state index contributed by atoms with van der Waals surface area (Å²) in [4.78, 5) is 5.21. The van der Waals surface area contributed by atoms with Gasteiger partial charge in [-0.25, -0.2) is 4.98 Å². The Morgan fingerprint density at radius 3 is 2.15 bits per heavy atom. The van der Waals surface area contributed by atoms with Crippen LogP contribution in [0.1, 0.15) is 25.0 Å². The highest BCUT2D eigenvalue weighted by atomic mass is 15.3. The maximum absolute atomic E-state index is 5.21. The predicted molar refractivity (Wildman–Crippen MR) is 135 cm³/mol. The molecular weight excluding hydrogens is 402 g/mol. The van der Waals surface area contributed by atoms with Crippen molar-refractivity contribution in [3.8, 4) is 22.9 Å². The van der Waals surface area contributed by atoms with Crippen LogP contribution in [-0.4, -0.2) is 14.1 Å². The number of imidazole rings is 1. The van der Waals surface area contributed by atoms with Crippen LogP contribution >= 0.6 is 0 Å². The minimum atomic E-state index is -0.0830. The minimum Gasteiger partial charge on any atom is -0.279 e. The highest BCUT2D eigenvalue weighted by molar-refractivity contribution is 5.99. The Hall–Kier alpha value is -4.11. The Morgan fingerprint density at radius 1 is 0.636 bits per heavy atom. The summed E-state index contributed by atoms with van der Waals surface area (Å²) in [6.45, 7) is 4.68. The number of rotatable bonds is 2. The second kappa shape index (κ2) is 6.46. The van der Waals surface area contributed by atoms with Crippen molar-refractivity contribution < 1.29 is 0 Å². The van der Waals surface area contributed by atoms with E-state index in [0.717, 1.165) is 22.7 Å². The van der Waals surface area contributed by atoms with Crippen molar-refractivity contribution in [3.05, 3.63) is 114 Å². The summed E-state index contributed by atoms with van der Waals surface area (Å²) in [6, 6.07) is 36.5. The zero-order valence-corrected chi connectivity index (χ0v) is 18.7. The number of hydrogen-bond acceptors (Lipinski definition) is 1. The second-order valence-corrected chi connectivity index (χ2v) is 9.32. The van der Waals surface area contributed by atoms with E-state index in [1.54, 1.807) is 0 Å². The van der Waals surface area contributed by atoms with E-state index in [1.807, 2.05) is 0 Å². The molecule has 0 fully saturated rings. The zero-order valence-electron chi connectivity index (χ0n) is 18.7. The Balaban J connectivity index is 1.69. The van der Waals surface area contributed by atoms with E-state index < -0.39 is 0 Å². The van der Waals surface area contributed by atoms with E-state index in [2.05, 4.69) is 126 Å². The first kappa shape index (κ1) is 18.5. The second-order valence-electron chi connectivity index (χ2n) is 9.32. The summed E-state index contributed by atoms with van der Waals surface area (Å²) in [7, 11) is 0. The molecule has 3 heteroatoms. The standard InChI is InChI=1S/C30H23N3/c1-30(2)23-16-8-6-14-21(23)28-27(30)22-15-7-10-18-25(22)33(28)29-31-24-17-9-11-19-26(24)32(29)20-12-4-3-5-13-20/h3-19H,1-2H3. The van der Waals surface area contributed by atoms with E-state index in [9.17, 15) is 0 Å². The van der Waals surface area contributed by atoms with Crippen molar-refractivity contribution >= 4 is 21.9 Å². The van der Waals surface area contributed by atoms with E-state index >= 15 is 0 Å². The molecule has 0 spiro atoms. The average molecular weight is 426 g/mol. The summed E-state index contributed by atoms with van der Waals surface area (Å²) in [6.07, 6.45) is 0. The molecule has 6 aromatic rings. The highest BCUT2D eigenvalue weighted by Gasteiger charge is 2.41. The smallest absolute Gasteiger partial charge is 0.220 e. The monoisotopic (exact) mass is 425 g/mol. The van der Waals surface area contributed by atoms with Gasteiger partial charge in [-0.05, 0) is 41.5 Å². The number of aromatic nitrogens is 3. The first-order valence-electron chi connectivity index (χ1n) is 11.4. The number of benzene rings is 4. The molecule has 0 radical (unpaired) electrons. The highest BCUT2D eigenvalue weighted by Crippen LogP contribution is 2.53.